The van der Waals surface area contributed by atoms with Gasteiger partial charge in [0.25, 0.3) is 0 Å². The van der Waals surface area contributed by atoms with E-state index in [0.717, 1.165) is 5.56 Å². The fourth-order valence-electron chi connectivity index (χ4n) is 1.69. The van der Waals surface area contributed by atoms with Gasteiger partial charge >= 0.3 is 5.97 Å². The van der Waals surface area contributed by atoms with Gasteiger partial charge in [-0.05, 0) is 30.4 Å². The molecule has 1 aromatic heterocycles. The number of halogens is 2. The minimum atomic E-state index is -0.801. The van der Waals surface area contributed by atoms with Crippen LogP contribution in [0.25, 0.3) is 0 Å². The molecule has 0 spiro atoms. The number of rotatable bonds is 5. The van der Waals surface area contributed by atoms with E-state index in [9.17, 15) is 4.79 Å². The predicted molar refractivity (Wildman–Crippen MR) is 68.5 cm³/mol. The van der Waals surface area contributed by atoms with E-state index in [0.29, 0.717) is 28.9 Å². The number of pyridine rings is 1. The Bertz CT molecular complexity index is 407. The summed E-state index contributed by atoms with van der Waals surface area (Å²) < 4.78 is 0. The summed E-state index contributed by atoms with van der Waals surface area (Å²) in [6.07, 6.45) is 2.55. The molecule has 1 unspecified atom stereocenters. The smallest absolute Gasteiger partial charge is 0.306 e. The number of aliphatic carboxylic acids is 1. The maximum Gasteiger partial charge on any atom is 0.306 e. The van der Waals surface area contributed by atoms with Crippen molar-refractivity contribution < 1.29 is 9.90 Å². The van der Waals surface area contributed by atoms with Crippen LogP contribution >= 0.6 is 23.2 Å². The second-order valence-electron chi connectivity index (χ2n) is 4.47. The van der Waals surface area contributed by atoms with Crippen molar-refractivity contribution in [2.45, 2.75) is 26.7 Å². The van der Waals surface area contributed by atoms with Crippen molar-refractivity contribution in [2.75, 3.05) is 0 Å². The molecule has 0 bridgehead atoms. The lowest BCUT2D eigenvalue weighted by Crippen LogP contribution is -2.18. The summed E-state index contributed by atoms with van der Waals surface area (Å²) in [6.45, 7) is 4.00. The quantitative estimate of drug-likeness (QED) is 0.834. The SMILES string of the molecule is CC(C)CC(Cc1cnc(Cl)cc1Cl)C(=O)O. The van der Waals surface area contributed by atoms with Crippen LogP contribution in [0.3, 0.4) is 0 Å². The number of carboxylic acid groups (broad SMARTS) is 1. The number of hydrogen-bond donors (Lipinski definition) is 1. The molecule has 5 heteroatoms. The van der Waals surface area contributed by atoms with Gasteiger partial charge in [-0.2, -0.15) is 0 Å². The molecule has 1 heterocycles. The van der Waals surface area contributed by atoms with E-state index in [1.54, 1.807) is 6.20 Å². The summed E-state index contributed by atoms with van der Waals surface area (Å²) in [5.74, 6) is -0.907. The standard InChI is InChI=1S/C12H15Cl2NO2/c1-7(2)3-8(12(16)17)4-9-6-15-11(14)5-10(9)13/h5-8H,3-4H2,1-2H3,(H,16,17). The van der Waals surface area contributed by atoms with Crippen LogP contribution in [0, 0.1) is 11.8 Å². The van der Waals surface area contributed by atoms with Crippen molar-refractivity contribution in [2.24, 2.45) is 11.8 Å². The Morgan fingerprint density at radius 1 is 1.47 bits per heavy atom. The number of nitrogens with zero attached hydrogens (tertiary/aromatic N) is 1. The molecule has 0 radical (unpaired) electrons. The Balaban J connectivity index is 2.82. The van der Waals surface area contributed by atoms with Crippen LogP contribution in [0.4, 0.5) is 0 Å². The number of hydrogen-bond acceptors (Lipinski definition) is 2. The van der Waals surface area contributed by atoms with Gasteiger partial charge in [0.15, 0.2) is 0 Å². The minimum Gasteiger partial charge on any atom is -0.481 e. The minimum absolute atomic E-state index is 0.314. The Morgan fingerprint density at radius 2 is 2.12 bits per heavy atom. The topological polar surface area (TPSA) is 50.2 Å². The zero-order valence-electron chi connectivity index (χ0n) is 9.78. The summed E-state index contributed by atoms with van der Waals surface area (Å²) in [4.78, 5) is 15.0. The molecule has 0 amide bonds. The summed E-state index contributed by atoms with van der Waals surface area (Å²) >= 11 is 11.7. The number of carbonyl (C=O) groups is 1. The first-order chi connectivity index (χ1) is 7.90. The Labute approximate surface area is 111 Å². The molecular weight excluding hydrogens is 261 g/mol. The summed E-state index contributed by atoms with van der Waals surface area (Å²) in [5.41, 5.74) is 0.726. The lowest BCUT2D eigenvalue weighted by molar-refractivity contribution is -0.142. The third-order valence-electron chi connectivity index (χ3n) is 2.47. The van der Waals surface area contributed by atoms with Crippen LogP contribution in [0.5, 0.6) is 0 Å². The van der Waals surface area contributed by atoms with Crippen molar-refractivity contribution >= 4 is 29.2 Å². The predicted octanol–water partition coefficient (Wildman–Crippen LogP) is 3.68. The Hall–Kier alpha value is -0.800. The van der Waals surface area contributed by atoms with Gasteiger partial charge in [-0.25, -0.2) is 4.98 Å². The van der Waals surface area contributed by atoms with Crippen molar-refractivity contribution in [1.82, 2.24) is 4.98 Å². The third-order valence-corrected chi connectivity index (χ3v) is 3.03. The molecule has 0 aliphatic rings. The molecule has 0 aliphatic carbocycles. The molecule has 1 atom stereocenters. The van der Waals surface area contributed by atoms with Gasteiger partial charge in [0.05, 0.1) is 5.92 Å². The van der Waals surface area contributed by atoms with E-state index < -0.39 is 11.9 Å². The highest BCUT2D eigenvalue weighted by Gasteiger charge is 2.20. The van der Waals surface area contributed by atoms with Gasteiger partial charge in [-0.15, -0.1) is 0 Å². The molecule has 94 valence electrons. The fourth-order valence-corrected chi connectivity index (χ4v) is 2.13. The highest BCUT2D eigenvalue weighted by atomic mass is 35.5. The van der Waals surface area contributed by atoms with Crippen LogP contribution in [-0.4, -0.2) is 16.1 Å². The zero-order chi connectivity index (χ0) is 13.0. The number of aromatic nitrogens is 1. The number of carboxylic acids is 1. The van der Waals surface area contributed by atoms with Gasteiger partial charge in [0.1, 0.15) is 5.15 Å². The van der Waals surface area contributed by atoms with Crippen LogP contribution < -0.4 is 0 Å². The average Bonchev–Trinajstić information content (AvgIpc) is 2.19. The first kappa shape index (κ1) is 14.3. The highest BCUT2D eigenvalue weighted by molar-refractivity contribution is 6.34. The van der Waals surface area contributed by atoms with Crippen molar-refractivity contribution in [1.29, 1.82) is 0 Å². The van der Waals surface area contributed by atoms with Gasteiger partial charge in [0, 0.05) is 11.2 Å². The molecule has 1 rings (SSSR count). The summed E-state index contributed by atoms with van der Waals surface area (Å²) in [6, 6.07) is 1.53. The first-order valence-electron chi connectivity index (χ1n) is 5.43. The molecule has 0 fully saturated rings. The molecule has 0 aliphatic heterocycles. The second kappa shape index (κ2) is 6.22. The van der Waals surface area contributed by atoms with Crippen LogP contribution in [-0.2, 0) is 11.2 Å². The van der Waals surface area contributed by atoms with E-state index in [4.69, 9.17) is 28.3 Å². The van der Waals surface area contributed by atoms with E-state index in [-0.39, 0.29) is 0 Å². The lowest BCUT2D eigenvalue weighted by Gasteiger charge is -2.15. The first-order valence-corrected chi connectivity index (χ1v) is 6.18. The molecule has 1 N–H and O–H groups in total. The molecule has 1 aromatic rings. The van der Waals surface area contributed by atoms with E-state index in [1.807, 2.05) is 13.8 Å². The molecule has 17 heavy (non-hydrogen) atoms. The van der Waals surface area contributed by atoms with Gasteiger partial charge < -0.3 is 5.11 Å². The monoisotopic (exact) mass is 275 g/mol. The van der Waals surface area contributed by atoms with E-state index in [2.05, 4.69) is 4.98 Å². The maximum absolute atomic E-state index is 11.1. The molecule has 3 nitrogen and oxygen atoms in total. The maximum atomic E-state index is 11.1. The molecule has 0 saturated heterocycles. The lowest BCUT2D eigenvalue weighted by atomic mass is 9.91. The normalized spacial score (nSPS) is 12.8. The second-order valence-corrected chi connectivity index (χ2v) is 5.26. The molecule has 0 saturated carbocycles. The fraction of sp³-hybridized carbons (Fsp3) is 0.500. The zero-order valence-corrected chi connectivity index (χ0v) is 11.3. The Morgan fingerprint density at radius 3 is 2.59 bits per heavy atom. The largest absolute Gasteiger partial charge is 0.481 e. The van der Waals surface area contributed by atoms with Crippen molar-refractivity contribution in [3.8, 4) is 0 Å². The van der Waals surface area contributed by atoms with E-state index in [1.165, 1.54) is 6.07 Å². The Kier molecular flexibility index (Phi) is 5.22. The van der Waals surface area contributed by atoms with Gasteiger partial charge in [-0.3, -0.25) is 4.79 Å². The van der Waals surface area contributed by atoms with Gasteiger partial charge in [-0.1, -0.05) is 37.0 Å². The molecular formula is C12H15Cl2NO2. The molecule has 0 aromatic carbocycles. The van der Waals surface area contributed by atoms with Gasteiger partial charge in [0.2, 0.25) is 0 Å². The van der Waals surface area contributed by atoms with Crippen molar-refractivity contribution in [3.63, 3.8) is 0 Å². The van der Waals surface area contributed by atoms with Crippen LogP contribution in [0.15, 0.2) is 12.3 Å². The summed E-state index contributed by atoms with van der Waals surface area (Å²) in [7, 11) is 0. The van der Waals surface area contributed by atoms with E-state index >= 15 is 0 Å². The van der Waals surface area contributed by atoms with Crippen LogP contribution in [0.1, 0.15) is 25.8 Å². The summed E-state index contributed by atoms with van der Waals surface area (Å²) in [5, 5.41) is 9.93. The third kappa shape index (κ3) is 4.52. The average molecular weight is 276 g/mol. The van der Waals surface area contributed by atoms with Crippen molar-refractivity contribution in [3.05, 3.63) is 28.0 Å². The van der Waals surface area contributed by atoms with Crippen LogP contribution in [0.2, 0.25) is 10.2 Å². The highest BCUT2D eigenvalue weighted by Crippen LogP contribution is 2.24.